The minimum atomic E-state index is -0.754. The van der Waals surface area contributed by atoms with Crippen molar-refractivity contribution in [1.29, 1.82) is 0 Å². The van der Waals surface area contributed by atoms with Crippen molar-refractivity contribution in [3.8, 4) is 5.75 Å². The number of rotatable bonds is 10. The van der Waals surface area contributed by atoms with Crippen LogP contribution in [-0.2, 0) is 30.3 Å². The monoisotopic (exact) mass is 365 g/mol. The van der Waals surface area contributed by atoms with Crippen LogP contribution in [0.4, 0.5) is 0 Å². The van der Waals surface area contributed by atoms with Crippen LogP contribution < -0.4 is 10.1 Å². The molecule has 1 aromatic carbocycles. The number of nitrogens with one attached hydrogen (secondary N) is 1. The van der Waals surface area contributed by atoms with Crippen LogP contribution in [0.15, 0.2) is 24.3 Å². The first-order chi connectivity index (χ1) is 12.4. The molecule has 0 radical (unpaired) electrons. The Labute approximate surface area is 154 Å². The van der Waals surface area contributed by atoms with E-state index in [0.29, 0.717) is 12.8 Å². The highest BCUT2D eigenvalue weighted by Gasteiger charge is 2.26. The molecule has 0 heterocycles. The highest BCUT2D eigenvalue weighted by Crippen LogP contribution is 2.13. The van der Waals surface area contributed by atoms with Gasteiger partial charge < -0.3 is 19.5 Å². The van der Waals surface area contributed by atoms with Crippen molar-refractivity contribution >= 4 is 17.8 Å². The molecule has 0 unspecified atom stereocenters. The largest absolute Gasteiger partial charge is 0.497 e. The number of carbonyl (C=O) groups excluding carboxylic acids is 3. The van der Waals surface area contributed by atoms with E-state index in [9.17, 15) is 14.4 Å². The molecule has 0 aliphatic carbocycles. The molecule has 7 heteroatoms. The standard InChI is InChI=1S/C19H27NO6/c1-5-13(2)18(19(23)25-4)20-16(21)12-26-17(22)11-8-14-6-9-15(24-3)10-7-14/h6-7,9-10,13,18H,5,8,11-12H2,1-4H3,(H,20,21)/t13-,18-/m0/s1. The lowest BCUT2D eigenvalue weighted by molar-refractivity contribution is -0.151. The van der Waals surface area contributed by atoms with Gasteiger partial charge in [-0.2, -0.15) is 0 Å². The van der Waals surface area contributed by atoms with E-state index in [2.05, 4.69) is 5.32 Å². The first-order valence-electron chi connectivity index (χ1n) is 8.57. The first-order valence-corrected chi connectivity index (χ1v) is 8.57. The fourth-order valence-electron chi connectivity index (χ4n) is 2.27. The average molecular weight is 365 g/mol. The maximum absolute atomic E-state index is 11.9. The van der Waals surface area contributed by atoms with Crippen LogP contribution >= 0.6 is 0 Å². The van der Waals surface area contributed by atoms with Gasteiger partial charge in [-0.1, -0.05) is 32.4 Å². The average Bonchev–Trinajstić information content (AvgIpc) is 2.67. The summed E-state index contributed by atoms with van der Waals surface area (Å²) >= 11 is 0. The van der Waals surface area contributed by atoms with Crippen LogP contribution in [0.1, 0.15) is 32.3 Å². The van der Waals surface area contributed by atoms with Gasteiger partial charge in [0.15, 0.2) is 6.61 Å². The van der Waals surface area contributed by atoms with Crippen LogP contribution in [0, 0.1) is 5.92 Å². The Morgan fingerprint density at radius 2 is 1.77 bits per heavy atom. The molecule has 144 valence electrons. The summed E-state index contributed by atoms with van der Waals surface area (Å²) in [5.41, 5.74) is 0.967. The summed E-state index contributed by atoms with van der Waals surface area (Å²) in [6.07, 6.45) is 1.36. The van der Waals surface area contributed by atoms with Crippen molar-refractivity contribution in [3.05, 3.63) is 29.8 Å². The number of esters is 2. The number of methoxy groups -OCH3 is 2. The van der Waals surface area contributed by atoms with Crippen LogP contribution in [0.5, 0.6) is 5.75 Å². The predicted octanol–water partition coefficient (Wildman–Crippen LogP) is 1.87. The fourth-order valence-corrected chi connectivity index (χ4v) is 2.27. The molecule has 1 amide bonds. The summed E-state index contributed by atoms with van der Waals surface area (Å²) in [7, 11) is 2.85. The minimum absolute atomic E-state index is 0.0860. The van der Waals surface area contributed by atoms with Crippen LogP contribution in [0.25, 0.3) is 0 Å². The van der Waals surface area contributed by atoms with E-state index < -0.39 is 30.5 Å². The molecule has 0 saturated carbocycles. The van der Waals surface area contributed by atoms with Gasteiger partial charge in [0.2, 0.25) is 0 Å². The van der Waals surface area contributed by atoms with E-state index in [1.165, 1.54) is 7.11 Å². The number of carbonyl (C=O) groups is 3. The zero-order valence-electron chi connectivity index (χ0n) is 15.7. The Morgan fingerprint density at radius 3 is 2.31 bits per heavy atom. The molecule has 0 aliphatic heterocycles. The number of aryl methyl sites for hydroxylation is 1. The summed E-state index contributed by atoms with van der Waals surface area (Å²) in [5.74, 6) is -0.863. The zero-order valence-corrected chi connectivity index (χ0v) is 15.7. The second kappa shape index (κ2) is 11.1. The quantitative estimate of drug-likeness (QED) is 0.637. The van der Waals surface area contributed by atoms with Gasteiger partial charge in [0.25, 0.3) is 5.91 Å². The third kappa shape index (κ3) is 7.13. The smallest absolute Gasteiger partial charge is 0.328 e. The Hall–Kier alpha value is -2.57. The first kappa shape index (κ1) is 21.5. The van der Waals surface area contributed by atoms with Gasteiger partial charge in [-0.3, -0.25) is 9.59 Å². The molecule has 0 aromatic heterocycles. The van der Waals surface area contributed by atoms with Gasteiger partial charge in [-0.25, -0.2) is 4.79 Å². The number of benzene rings is 1. The Kier molecular flexibility index (Phi) is 9.19. The Morgan fingerprint density at radius 1 is 1.12 bits per heavy atom. The SMILES string of the molecule is CC[C@H](C)[C@H](NC(=O)COC(=O)CCc1ccc(OC)cc1)C(=O)OC. The summed E-state index contributed by atoms with van der Waals surface area (Å²) in [5, 5.41) is 2.56. The minimum Gasteiger partial charge on any atom is -0.497 e. The summed E-state index contributed by atoms with van der Waals surface area (Å²) in [6, 6.07) is 6.61. The molecule has 1 aromatic rings. The van der Waals surface area contributed by atoms with Crippen molar-refractivity contribution in [3.63, 3.8) is 0 Å². The third-order valence-corrected chi connectivity index (χ3v) is 4.13. The van der Waals surface area contributed by atoms with E-state index in [1.807, 2.05) is 38.1 Å². The molecule has 1 rings (SSSR count). The van der Waals surface area contributed by atoms with Gasteiger partial charge >= 0.3 is 11.9 Å². The Balaban J connectivity index is 2.40. The van der Waals surface area contributed by atoms with Gasteiger partial charge in [0, 0.05) is 6.42 Å². The van der Waals surface area contributed by atoms with Crippen molar-refractivity contribution in [2.24, 2.45) is 5.92 Å². The molecule has 0 saturated heterocycles. The molecular formula is C19H27NO6. The predicted molar refractivity (Wildman–Crippen MR) is 95.7 cm³/mol. The third-order valence-electron chi connectivity index (χ3n) is 4.13. The fraction of sp³-hybridized carbons (Fsp3) is 0.526. The normalized spacial score (nSPS) is 12.6. The van der Waals surface area contributed by atoms with E-state index in [1.54, 1.807) is 7.11 Å². The second-order valence-electron chi connectivity index (χ2n) is 5.96. The van der Waals surface area contributed by atoms with E-state index in [4.69, 9.17) is 14.2 Å². The number of hydrogen-bond donors (Lipinski definition) is 1. The van der Waals surface area contributed by atoms with E-state index in [0.717, 1.165) is 11.3 Å². The topological polar surface area (TPSA) is 90.9 Å². The molecule has 7 nitrogen and oxygen atoms in total. The lowest BCUT2D eigenvalue weighted by Crippen LogP contribution is -2.47. The summed E-state index contributed by atoms with van der Waals surface area (Å²) < 4.78 is 14.7. The molecule has 1 N–H and O–H groups in total. The number of amides is 1. The lowest BCUT2D eigenvalue weighted by atomic mass is 9.99. The molecular weight excluding hydrogens is 338 g/mol. The van der Waals surface area contributed by atoms with Crippen LogP contribution in [-0.4, -0.2) is 44.7 Å². The van der Waals surface area contributed by atoms with Crippen molar-refractivity contribution in [2.75, 3.05) is 20.8 Å². The molecule has 26 heavy (non-hydrogen) atoms. The van der Waals surface area contributed by atoms with Crippen molar-refractivity contribution < 1.29 is 28.6 Å². The molecule has 0 fully saturated rings. The molecule has 0 bridgehead atoms. The van der Waals surface area contributed by atoms with Gasteiger partial charge in [-0.15, -0.1) is 0 Å². The maximum Gasteiger partial charge on any atom is 0.328 e. The Bertz CT molecular complexity index is 599. The van der Waals surface area contributed by atoms with Crippen molar-refractivity contribution in [2.45, 2.75) is 39.2 Å². The number of ether oxygens (including phenoxy) is 3. The highest BCUT2D eigenvalue weighted by molar-refractivity contribution is 5.86. The van der Waals surface area contributed by atoms with Gasteiger partial charge in [-0.05, 0) is 30.0 Å². The lowest BCUT2D eigenvalue weighted by Gasteiger charge is -2.21. The number of hydrogen-bond acceptors (Lipinski definition) is 6. The van der Waals surface area contributed by atoms with Gasteiger partial charge in [0.05, 0.1) is 14.2 Å². The van der Waals surface area contributed by atoms with Gasteiger partial charge in [0.1, 0.15) is 11.8 Å². The van der Waals surface area contributed by atoms with Crippen LogP contribution in [0.3, 0.4) is 0 Å². The molecule has 0 aliphatic rings. The maximum atomic E-state index is 11.9. The van der Waals surface area contributed by atoms with E-state index in [-0.39, 0.29) is 12.3 Å². The highest BCUT2D eigenvalue weighted by atomic mass is 16.5. The zero-order chi connectivity index (χ0) is 19.5. The summed E-state index contributed by atoms with van der Waals surface area (Å²) in [6.45, 7) is 3.32. The van der Waals surface area contributed by atoms with Crippen LogP contribution in [0.2, 0.25) is 0 Å². The van der Waals surface area contributed by atoms with E-state index >= 15 is 0 Å². The molecule has 0 spiro atoms. The second-order valence-corrected chi connectivity index (χ2v) is 5.96. The summed E-state index contributed by atoms with van der Waals surface area (Å²) in [4.78, 5) is 35.5. The molecule has 2 atom stereocenters. The van der Waals surface area contributed by atoms with Crippen molar-refractivity contribution in [1.82, 2.24) is 5.32 Å².